The summed E-state index contributed by atoms with van der Waals surface area (Å²) in [7, 11) is 0. The summed E-state index contributed by atoms with van der Waals surface area (Å²) in [6.07, 6.45) is 9.64. The smallest absolute Gasteiger partial charge is 0.253 e. The minimum atomic E-state index is -0.0284. The summed E-state index contributed by atoms with van der Waals surface area (Å²) in [6, 6.07) is 7.71. The van der Waals surface area contributed by atoms with Crippen LogP contribution < -0.4 is 5.32 Å². The number of rotatable bonds is 4. The topological polar surface area (TPSA) is 72.7 Å². The molecular weight excluding hydrogens is 326 g/mol. The third kappa shape index (κ3) is 2.54. The third-order valence-electron chi connectivity index (χ3n) is 7.10. The highest BCUT2D eigenvalue weighted by Gasteiger charge is 2.53. The lowest BCUT2D eigenvalue weighted by Crippen LogP contribution is -2.55. The van der Waals surface area contributed by atoms with Crippen LogP contribution in [0.2, 0.25) is 0 Å². The van der Waals surface area contributed by atoms with Crippen molar-refractivity contribution in [2.24, 2.45) is 23.2 Å². The Balaban J connectivity index is 1.38. The first kappa shape index (κ1) is 16.0. The SMILES string of the molecule is C[C@@H](NC(=O)c1ccccc1-n1cnnn1)C12CC3CC(CC(C3)C1)C2. The maximum atomic E-state index is 13.1. The molecule has 4 bridgehead atoms. The van der Waals surface area contributed by atoms with Gasteiger partial charge in [-0.3, -0.25) is 4.79 Å². The number of aromatic nitrogens is 4. The van der Waals surface area contributed by atoms with Gasteiger partial charge in [0.2, 0.25) is 0 Å². The quantitative estimate of drug-likeness (QED) is 0.919. The van der Waals surface area contributed by atoms with Crippen molar-refractivity contribution in [3.8, 4) is 5.69 Å². The largest absolute Gasteiger partial charge is 0.349 e. The van der Waals surface area contributed by atoms with Crippen LogP contribution in [0.1, 0.15) is 55.8 Å². The van der Waals surface area contributed by atoms with Crippen LogP contribution in [0.15, 0.2) is 30.6 Å². The third-order valence-corrected chi connectivity index (χ3v) is 7.10. The van der Waals surface area contributed by atoms with Gasteiger partial charge < -0.3 is 5.32 Å². The zero-order valence-corrected chi connectivity index (χ0v) is 15.1. The molecule has 6 nitrogen and oxygen atoms in total. The number of hydrogen-bond donors (Lipinski definition) is 1. The van der Waals surface area contributed by atoms with Gasteiger partial charge >= 0.3 is 0 Å². The van der Waals surface area contributed by atoms with Gasteiger partial charge in [0.05, 0.1) is 11.3 Å². The number of nitrogens with zero attached hydrogens (tertiary/aromatic N) is 4. The van der Waals surface area contributed by atoms with Crippen LogP contribution in [-0.4, -0.2) is 32.2 Å². The van der Waals surface area contributed by atoms with Gasteiger partial charge in [0, 0.05) is 6.04 Å². The van der Waals surface area contributed by atoms with E-state index in [0.29, 0.717) is 16.7 Å². The fraction of sp³-hybridized carbons (Fsp3) is 0.600. The first-order valence-electron chi connectivity index (χ1n) is 9.76. The van der Waals surface area contributed by atoms with E-state index in [1.54, 1.807) is 4.68 Å². The van der Waals surface area contributed by atoms with Crippen molar-refractivity contribution in [1.29, 1.82) is 0 Å². The van der Waals surface area contributed by atoms with E-state index in [1.165, 1.54) is 44.9 Å². The number of nitrogens with one attached hydrogen (secondary N) is 1. The second-order valence-electron chi connectivity index (χ2n) is 8.75. The summed E-state index contributed by atoms with van der Waals surface area (Å²) in [5, 5.41) is 14.6. The molecule has 0 saturated heterocycles. The molecule has 1 amide bonds. The summed E-state index contributed by atoms with van der Waals surface area (Å²) in [5.74, 6) is 2.62. The molecule has 4 aliphatic carbocycles. The molecule has 6 rings (SSSR count). The van der Waals surface area contributed by atoms with Crippen LogP contribution in [0.4, 0.5) is 0 Å². The van der Waals surface area contributed by atoms with E-state index in [9.17, 15) is 4.79 Å². The van der Waals surface area contributed by atoms with E-state index in [-0.39, 0.29) is 11.9 Å². The zero-order chi connectivity index (χ0) is 17.7. The Bertz CT molecular complexity index is 780. The Hall–Kier alpha value is -2.24. The van der Waals surface area contributed by atoms with Crippen LogP contribution in [0, 0.1) is 23.2 Å². The van der Waals surface area contributed by atoms with Gasteiger partial charge in [-0.2, -0.15) is 4.68 Å². The molecule has 0 unspecified atom stereocenters. The van der Waals surface area contributed by atoms with Gasteiger partial charge in [0.1, 0.15) is 6.33 Å². The molecule has 1 N–H and O–H groups in total. The van der Waals surface area contributed by atoms with Crippen molar-refractivity contribution in [2.45, 2.75) is 51.5 Å². The van der Waals surface area contributed by atoms with Crippen LogP contribution in [0.3, 0.4) is 0 Å². The number of carbonyl (C=O) groups excluding carboxylic acids is 1. The molecule has 2 aromatic rings. The highest BCUT2D eigenvalue weighted by atomic mass is 16.1. The number of benzene rings is 1. The van der Waals surface area contributed by atoms with Crippen LogP contribution in [-0.2, 0) is 0 Å². The van der Waals surface area contributed by atoms with Gasteiger partial charge in [-0.15, -0.1) is 5.10 Å². The summed E-state index contributed by atoms with van der Waals surface area (Å²) in [5.41, 5.74) is 1.64. The van der Waals surface area contributed by atoms with E-state index in [4.69, 9.17) is 0 Å². The van der Waals surface area contributed by atoms with Crippen molar-refractivity contribution in [3.05, 3.63) is 36.2 Å². The van der Waals surface area contributed by atoms with Crippen LogP contribution in [0.25, 0.3) is 5.69 Å². The summed E-state index contributed by atoms with van der Waals surface area (Å²) < 4.78 is 1.55. The fourth-order valence-corrected chi connectivity index (χ4v) is 6.27. The minimum Gasteiger partial charge on any atom is -0.349 e. The molecule has 0 radical (unpaired) electrons. The average molecular weight is 351 g/mol. The second-order valence-corrected chi connectivity index (χ2v) is 8.75. The van der Waals surface area contributed by atoms with Crippen LogP contribution in [0.5, 0.6) is 0 Å². The number of para-hydroxylation sites is 1. The normalized spacial score (nSPS) is 33.2. The highest BCUT2D eigenvalue weighted by Crippen LogP contribution is 2.61. The molecule has 1 atom stereocenters. The predicted molar refractivity (Wildman–Crippen MR) is 96.7 cm³/mol. The molecule has 1 heterocycles. The Morgan fingerprint density at radius 2 is 1.81 bits per heavy atom. The van der Waals surface area contributed by atoms with Crippen molar-refractivity contribution in [1.82, 2.24) is 25.5 Å². The lowest BCUT2D eigenvalue weighted by atomic mass is 9.48. The lowest BCUT2D eigenvalue weighted by molar-refractivity contribution is -0.0688. The Morgan fingerprint density at radius 3 is 2.42 bits per heavy atom. The molecule has 136 valence electrons. The second kappa shape index (κ2) is 5.89. The molecule has 0 aliphatic heterocycles. The molecule has 4 aliphatic rings. The van der Waals surface area contributed by atoms with Crippen molar-refractivity contribution < 1.29 is 4.79 Å². The molecular formula is C20H25N5O. The van der Waals surface area contributed by atoms with E-state index in [0.717, 1.165) is 17.8 Å². The first-order valence-corrected chi connectivity index (χ1v) is 9.76. The Kier molecular flexibility index (Phi) is 3.62. The van der Waals surface area contributed by atoms with Crippen molar-refractivity contribution in [3.63, 3.8) is 0 Å². The van der Waals surface area contributed by atoms with Crippen LogP contribution >= 0.6 is 0 Å². The van der Waals surface area contributed by atoms with E-state index >= 15 is 0 Å². The van der Waals surface area contributed by atoms with Gasteiger partial charge in [0.15, 0.2) is 0 Å². The number of hydrogen-bond acceptors (Lipinski definition) is 4. The van der Waals surface area contributed by atoms with Gasteiger partial charge in [-0.1, -0.05) is 12.1 Å². The Labute approximate surface area is 153 Å². The van der Waals surface area contributed by atoms with Gasteiger partial charge in [-0.25, -0.2) is 0 Å². The fourth-order valence-electron chi connectivity index (χ4n) is 6.27. The lowest BCUT2D eigenvalue weighted by Gasteiger charge is -2.59. The monoisotopic (exact) mass is 351 g/mol. The number of carbonyl (C=O) groups is 1. The summed E-state index contributed by atoms with van der Waals surface area (Å²) in [4.78, 5) is 13.1. The van der Waals surface area contributed by atoms with Crippen molar-refractivity contribution in [2.75, 3.05) is 0 Å². The van der Waals surface area contributed by atoms with E-state index in [2.05, 4.69) is 27.8 Å². The molecule has 4 fully saturated rings. The van der Waals surface area contributed by atoms with Crippen molar-refractivity contribution >= 4 is 5.91 Å². The maximum Gasteiger partial charge on any atom is 0.253 e. The average Bonchev–Trinajstić information content (AvgIpc) is 3.15. The molecule has 26 heavy (non-hydrogen) atoms. The highest BCUT2D eigenvalue weighted by molar-refractivity contribution is 5.97. The molecule has 4 saturated carbocycles. The molecule has 1 aromatic carbocycles. The summed E-state index contributed by atoms with van der Waals surface area (Å²) in [6.45, 7) is 2.21. The predicted octanol–water partition coefficient (Wildman–Crippen LogP) is 3.00. The Morgan fingerprint density at radius 1 is 1.15 bits per heavy atom. The van der Waals surface area contributed by atoms with Gasteiger partial charge in [-0.05, 0) is 91.2 Å². The maximum absolute atomic E-state index is 13.1. The van der Waals surface area contributed by atoms with Gasteiger partial charge in [0.25, 0.3) is 5.91 Å². The standard InChI is InChI=1S/C20H25N5O/c1-13(20-9-14-6-15(10-20)8-16(7-14)11-20)22-19(26)17-4-2-3-5-18(17)25-12-21-23-24-25/h2-5,12-16H,6-11H2,1H3,(H,22,26)/t13-,14?,15?,16?,20?/m1/s1. The minimum absolute atomic E-state index is 0.0284. The number of tetrazole rings is 1. The molecule has 1 aromatic heterocycles. The van der Waals surface area contributed by atoms with E-state index in [1.807, 2.05) is 24.3 Å². The van der Waals surface area contributed by atoms with E-state index < -0.39 is 0 Å². The number of amides is 1. The first-order chi connectivity index (χ1) is 12.6. The zero-order valence-electron chi connectivity index (χ0n) is 15.1. The molecule has 0 spiro atoms. The summed E-state index contributed by atoms with van der Waals surface area (Å²) >= 11 is 0. The molecule has 6 heteroatoms.